The van der Waals surface area contributed by atoms with E-state index in [0.717, 1.165) is 18.9 Å². The second-order valence-corrected chi connectivity index (χ2v) is 5.23. The first-order chi connectivity index (χ1) is 9.15. The fourth-order valence-electron chi connectivity index (χ4n) is 2.22. The number of hydrogen-bond donors (Lipinski definition) is 2. The lowest BCUT2D eigenvalue weighted by molar-refractivity contribution is 0.234. The highest BCUT2D eigenvalue weighted by atomic mass is 16.5. The number of likely N-dealkylation sites (tertiary alicyclic amines) is 1. The van der Waals surface area contributed by atoms with Gasteiger partial charge in [-0.2, -0.15) is 4.98 Å². The summed E-state index contributed by atoms with van der Waals surface area (Å²) < 4.78 is 5.58. The average Bonchev–Trinajstić information content (AvgIpc) is 2.86. The molecule has 5 nitrogen and oxygen atoms in total. The third-order valence-corrected chi connectivity index (χ3v) is 3.17. The molecule has 0 amide bonds. The van der Waals surface area contributed by atoms with Crippen LogP contribution in [0.5, 0.6) is 5.88 Å². The van der Waals surface area contributed by atoms with Crippen LogP contribution in [0.3, 0.4) is 0 Å². The van der Waals surface area contributed by atoms with Gasteiger partial charge in [-0.3, -0.25) is 0 Å². The van der Waals surface area contributed by atoms with E-state index in [1.165, 1.54) is 25.9 Å². The van der Waals surface area contributed by atoms with Crippen LogP contribution in [0.1, 0.15) is 26.7 Å². The summed E-state index contributed by atoms with van der Waals surface area (Å²) >= 11 is 0. The SMILES string of the molecule is CC(C)Oc1nc(NCCN2CCCC2)ccc1N. The Labute approximate surface area is 115 Å². The zero-order valence-electron chi connectivity index (χ0n) is 11.9. The molecule has 1 aliphatic rings. The van der Waals surface area contributed by atoms with Gasteiger partial charge in [-0.25, -0.2) is 0 Å². The first-order valence-electron chi connectivity index (χ1n) is 7.04. The van der Waals surface area contributed by atoms with Gasteiger partial charge in [-0.05, 0) is 51.9 Å². The Morgan fingerprint density at radius 3 is 2.79 bits per heavy atom. The fourth-order valence-corrected chi connectivity index (χ4v) is 2.22. The Morgan fingerprint density at radius 1 is 1.37 bits per heavy atom. The molecular weight excluding hydrogens is 240 g/mol. The molecule has 2 rings (SSSR count). The molecule has 0 radical (unpaired) electrons. The van der Waals surface area contributed by atoms with Crippen molar-refractivity contribution in [1.82, 2.24) is 9.88 Å². The number of hydrogen-bond acceptors (Lipinski definition) is 5. The molecule has 0 bridgehead atoms. The molecule has 0 saturated carbocycles. The maximum Gasteiger partial charge on any atom is 0.239 e. The Morgan fingerprint density at radius 2 is 2.11 bits per heavy atom. The molecule has 3 N–H and O–H groups in total. The predicted octanol–water partition coefficient (Wildman–Crippen LogP) is 1.96. The Kier molecular flexibility index (Phi) is 4.85. The van der Waals surface area contributed by atoms with Gasteiger partial charge in [0.1, 0.15) is 5.82 Å². The van der Waals surface area contributed by atoms with Crippen molar-refractivity contribution in [2.75, 3.05) is 37.2 Å². The molecule has 0 unspecified atom stereocenters. The smallest absolute Gasteiger partial charge is 0.239 e. The van der Waals surface area contributed by atoms with Gasteiger partial charge >= 0.3 is 0 Å². The summed E-state index contributed by atoms with van der Waals surface area (Å²) in [5, 5.41) is 3.32. The lowest BCUT2D eigenvalue weighted by Gasteiger charge is -2.16. The van der Waals surface area contributed by atoms with Crippen molar-refractivity contribution < 1.29 is 4.74 Å². The monoisotopic (exact) mass is 264 g/mol. The molecule has 0 aromatic carbocycles. The van der Waals surface area contributed by atoms with Crippen LogP contribution in [0.4, 0.5) is 11.5 Å². The van der Waals surface area contributed by atoms with Crippen LogP contribution in [0.2, 0.25) is 0 Å². The molecule has 106 valence electrons. The summed E-state index contributed by atoms with van der Waals surface area (Å²) in [6.45, 7) is 8.34. The van der Waals surface area contributed by atoms with E-state index >= 15 is 0 Å². The van der Waals surface area contributed by atoms with Gasteiger partial charge in [0, 0.05) is 13.1 Å². The molecule has 1 aliphatic heterocycles. The minimum Gasteiger partial charge on any atom is -0.473 e. The Bertz CT molecular complexity index is 402. The van der Waals surface area contributed by atoms with Crippen molar-refractivity contribution in [3.63, 3.8) is 0 Å². The molecular formula is C14H24N4O. The number of aromatic nitrogens is 1. The number of ether oxygens (including phenoxy) is 1. The van der Waals surface area contributed by atoms with Crippen LogP contribution in [-0.4, -0.2) is 42.2 Å². The van der Waals surface area contributed by atoms with Crippen LogP contribution in [0, 0.1) is 0 Å². The predicted molar refractivity (Wildman–Crippen MR) is 78.6 cm³/mol. The van der Waals surface area contributed by atoms with Crippen LogP contribution in [0.15, 0.2) is 12.1 Å². The van der Waals surface area contributed by atoms with Gasteiger partial charge in [0.2, 0.25) is 5.88 Å². The van der Waals surface area contributed by atoms with E-state index in [2.05, 4.69) is 15.2 Å². The largest absolute Gasteiger partial charge is 0.473 e. The molecule has 1 aromatic heterocycles. The van der Waals surface area contributed by atoms with Crippen molar-refractivity contribution in [3.8, 4) is 5.88 Å². The number of anilines is 2. The lowest BCUT2D eigenvalue weighted by Crippen LogP contribution is -2.26. The average molecular weight is 264 g/mol. The summed E-state index contributed by atoms with van der Waals surface area (Å²) in [5.41, 5.74) is 6.42. The molecule has 0 aliphatic carbocycles. The molecule has 1 fully saturated rings. The van der Waals surface area contributed by atoms with E-state index in [-0.39, 0.29) is 6.10 Å². The van der Waals surface area contributed by atoms with E-state index in [9.17, 15) is 0 Å². The quantitative estimate of drug-likeness (QED) is 0.822. The summed E-state index contributed by atoms with van der Waals surface area (Å²) in [6.07, 6.45) is 2.73. The van der Waals surface area contributed by atoms with Gasteiger partial charge in [0.05, 0.1) is 11.8 Å². The molecule has 19 heavy (non-hydrogen) atoms. The topological polar surface area (TPSA) is 63.4 Å². The normalized spacial score (nSPS) is 15.9. The number of nitrogen functional groups attached to an aromatic ring is 1. The highest BCUT2D eigenvalue weighted by molar-refractivity contribution is 5.53. The first kappa shape index (κ1) is 13.9. The lowest BCUT2D eigenvalue weighted by atomic mass is 10.4. The fraction of sp³-hybridized carbons (Fsp3) is 0.643. The minimum atomic E-state index is 0.0784. The van der Waals surface area contributed by atoms with E-state index < -0.39 is 0 Å². The van der Waals surface area contributed by atoms with Crippen molar-refractivity contribution >= 4 is 11.5 Å². The van der Waals surface area contributed by atoms with Crippen molar-refractivity contribution in [2.45, 2.75) is 32.8 Å². The standard InChI is InChI=1S/C14H24N4O/c1-11(2)19-14-12(15)5-6-13(17-14)16-7-10-18-8-3-4-9-18/h5-6,11H,3-4,7-10,15H2,1-2H3,(H,16,17). The van der Waals surface area contributed by atoms with Crippen LogP contribution in [-0.2, 0) is 0 Å². The van der Waals surface area contributed by atoms with E-state index in [0.29, 0.717) is 11.6 Å². The van der Waals surface area contributed by atoms with Crippen LogP contribution < -0.4 is 15.8 Å². The zero-order chi connectivity index (χ0) is 13.7. The summed E-state index contributed by atoms with van der Waals surface area (Å²) in [6, 6.07) is 3.73. The maximum atomic E-state index is 5.84. The van der Waals surface area contributed by atoms with E-state index in [4.69, 9.17) is 10.5 Å². The van der Waals surface area contributed by atoms with Gasteiger partial charge < -0.3 is 20.7 Å². The third-order valence-electron chi connectivity index (χ3n) is 3.17. The Hall–Kier alpha value is -1.49. The van der Waals surface area contributed by atoms with Crippen LogP contribution >= 0.6 is 0 Å². The highest BCUT2D eigenvalue weighted by Gasteiger charge is 2.11. The molecule has 1 saturated heterocycles. The first-order valence-corrected chi connectivity index (χ1v) is 7.04. The second kappa shape index (κ2) is 6.61. The zero-order valence-corrected chi connectivity index (χ0v) is 11.9. The van der Waals surface area contributed by atoms with Crippen molar-refractivity contribution in [1.29, 1.82) is 0 Å². The third kappa shape index (κ3) is 4.28. The highest BCUT2D eigenvalue weighted by Crippen LogP contribution is 2.21. The molecule has 1 aromatic rings. The Balaban J connectivity index is 1.85. The van der Waals surface area contributed by atoms with Crippen molar-refractivity contribution in [3.05, 3.63) is 12.1 Å². The van der Waals surface area contributed by atoms with E-state index in [1.54, 1.807) is 0 Å². The summed E-state index contributed by atoms with van der Waals surface area (Å²) in [4.78, 5) is 6.87. The second-order valence-electron chi connectivity index (χ2n) is 5.23. The van der Waals surface area contributed by atoms with Crippen molar-refractivity contribution in [2.24, 2.45) is 0 Å². The number of nitrogens with two attached hydrogens (primary N) is 1. The molecule has 5 heteroatoms. The van der Waals surface area contributed by atoms with Crippen LogP contribution in [0.25, 0.3) is 0 Å². The number of pyridine rings is 1. The van der Waals surface area contributed by atoms with Gasteiger partial charge in [0.25, 0.3) is 0 Å². The molecule has 2 heterocycles. The number of nitrogens with zero attached hydrogens (tertiary/aromatic N) is 2. The summed E-state index contributed by atoms with van der Waals surface area (Å²) in [5.74, 6) is 1.34. The number of nitrogens with one attached hydrogen (secondary N) is 1. The summed E-state index contributed by atoms with van der Waals surface area (Å²) in [7, 11) is 0. The maximum absolute atomic E-state index is 5.84. The molecule has 0 spiro atoms. The van der Waals surface area contributed by atoms with Gasteiger partial charge in [-0.1, -0.05) is 0 Å². The van der Waals surface area contributed by atoms with Gasteiger partial charge in [-0.15, -0.1) is 0 Å². The minimum absolute atomic E-state index is 0.0784. The van der Waals surface area contributed by atoms with E-state index in [1.807, 2.05) is 26.0 Å². The number of rotatable bonds is 6. The van der Waals surface area contributed by atoms with Gasteiger partial charge in [0.15, 0.2) is 0 Å². The molecule has 0 atom stereocenters.